The quantitative estimate of drug-likeness (QED) is 0.607. The highest BCUT2D eigenvalue weighted by Gasteiger charge is 2.44. The third-order valence-corrected chi connectivity index (χ3v) is 7.57. The van der Waals surface area contributed by atoms with Gasteiger partial charge in [0.05, 0.1) is 17.1 Å². The molecule has 1 saturated carbocycles. The lowest BCUT2D eigenvalue weighted by Gasteiger charge is -2.46. The summed E-state index contributed by atoms with van der Waals surface area (Å²) < 4.78 is 29.6. The van der Waals surface area contributed by atoms with E-state index in [0.29, 0.717) is 17.4 Å². The molecular weight excluding hydrogens is 288 g/mol. The number of hydrogen-bond donors (Lipinski definition) is 2. The zero-order valence-electron chi connectivity index (χ0n) is 12.7. The Morgan fingerprint density at radius 2 is 1.90 bits per heavy atom. The molecule has 0 amide bonds. The molecule has 3 atom stereocenters. The predicted octanol–water partition coefficient (Wildman–Crippen LogP) is 1.38. The summed E-state index contributed by atoms with van der Waals surface area (Å²) in [7, 11) is -2.85. The van der Waals surface area contributed by atoms with E-state index in [-0.39, 0.29) is 17.6 Å². The van der Waals surface area contributed by atoms with Crippen LogP contribution in [-0.2, 0) is 14.6 Å². The predicted molar refractivity (Wildman–Crippen MR) is 82.4 cm³/mol. The van der Waals surface area contributed by atoms with E-state index in [2.05, 4.69) is 5.43 Å². The van der Waals surface area contributed by atoms with Crippen molar-refractivity contribution in [2.45, 2.75) is 63.0 Å². The van der Waals surface area contributed by atoms with Gasteiger partial charge < -0.3 is 4.74 Å². The van der Waals surface area contributed by atoms with Crippen molar-refractivity contribution >= 4 is 9.84 Å². The number of ether oxygens (including phenoxy) is 1. The standard InChI is InChI=1S/C15H28N2O3S/c16-17-14(13-5-9-21(18,19)11-13)12-4-8-20-15(10-12)6-2-1-3-7-15/h12-14,17H,1-11,16H2. The van der Waals surface area contributed by atoms with E-state index in [0.717, 1.165) is 38.7 Å². The maximum absolute atomic E-state index is 11.7. The van der Waals surface area contributed by atoms with Gasteiger partial charge in [-0.1, -0.05) is 19.3 Å². The van der Waals surface area contributed by atoms with Crippen LogP contribution < -0.4 is 11.3 Å². The van der Waals surface area contributed by atoms with Gasteiger partial charge in [0.15, 0.2) is 9.84 Å². The molecule has 2 heterocycles. The van der Waals surface area contributed by atoms with Gasteiger partial charge in [-0.05, 0) is 43.9 Å². The molecule has 3 unspecified atom stereocenters. The van der Waals surface area contributed by atoms with Gasteiger partial charge in [-0.25, -0.2) is 8.42 Å². The van der Waals surface area contributed by atoms with E-state index < -0.39 is 9.84 Å². The molecule has 0 aromatic carbocycles. The number of nitrogens with two attached hydrogens (primary N) is 1. The Morgan fingerprint density at radius 3 is 2.52 bits per heavy atom. The number of hydrogen-bond acceptors (Lipinski definition) is 5. The third kappa shape index (κ3) is 3.44. The molecule has 0 aromatic rings. The van der Waals surface area contributed by atoms with E-state index in [4.69, 9.17) is 10.6 Å². The van der Waals surface area contributed by atoms with Crippen LogP contribution in [-0.4, -0.2) is 38.2 Å². The lowest BCUT2D eigenvalue weighted by Crippen LogP contribution is -2.52. The van der Waals surface area contributed by atoms with Crippen LogP contribution in [0.25, 0.3) is 0 Å². The van der Waals surface area contributed by atoms with Crippen LogP contribution in [0.15, 0.2) is 0 Å². The van der Waals surface area contributed by atoms with E-state index in [1.165, 1.54) is 19.3 Å². The molecule has 3 N–H and O–H groups in total. The maximum atomic E-state index is 11.7. The van der Waals surface area contributed by atoms with Crippen molar-refractivity contribution in [3.05, 3.63) is 0 Å². The summed E-state index contributed by atoms with van der Waals surface area (Å²) in [5, 5.41) is 0. The van der Waals surface area contributed by atoms with Crippen LogP contribution in [0.4, 0.5) is 0 Å². The minimum atomic E-state index is -2.85. The molecule has 0 radical (unpaired) electrons. The van der Waals surface area contributed by atoms with Crippen molar-refractivity contribution in [3.63, 3.8) is 0 Å². The summed E-state index contributed by atoms with van der Waals surface area (Å²) in [5.41, 5.74) is 3.00. The first kappa shape index (κ1) is 15.7. The van der Waals surface area contributed by atoms with E-state index >= 15 is 0 Å². The highest BCUT2D eigenvalue weighted by Crippen LogP contribution is 2.43. The van der Waals surface area contributed by atoms with E-state index in [1.54, 1.807) is 0 Å². The number of sulfone groups is 1. The molecule has 2 aliphatic heterocycles. The topological polar surface area (TPSA) is 81.4 Å². The third-order valence-electron chi connectivity index (χ3n) is 5.77. The second kappa shape index (κ2) is 6.14. The molecule has 3 aliphatic rings. The van der Waals surface area contributed by atoms with Crippen molar-refractivity contribution in [1.82, 2.24) is 5.43 Å². The smallest absolute Gasteiger partial charge is 0.150 e. The molecule has 21 heavy (non-hydrogen) atoms. The first-order valence-corrected chi connectivity index (χ1v) is 10.2. The molecule has 0 aromatic heterocycles. The average molecular weight is 316 g/mol. The minimum Gasteiger partial charge on any atom is -0.375 e. The fraction of sp³-hybridized carbons (Fsp3) is 1.00. The zero-order valence-corrected chi connectivity index (χ0v) is 13.5. The normalized spacial score (nSPS) is 36.6. The fourth-order valence-electron chi connectivity index (χ4n) is 4.68. The van der Waals surface area contributed by atoms with Gasteiger partial charge in [0.2, 0.25) is 0 Å². The second-order valence-electron chi connectivity index (χ2n) is 7.20. The lowest BCUT2D eigenvalue weighted by atomic mass is 9.72. The van der Waals surface area contributed by atoms with Gasteiger partial charge in [0, 0.05) is 12.6 Å². The van der Waals surface area contributed by atoms with Gasteiger partial charge in [0.25, 0.3) is 0 Å². The minimum absolute atomic E-state index is 0.0494. The summed E-state index contributed by atoms with van der Waals surface area (Å²) in [6.07, 6.45) is 8.92. The van der Waals surface area contributed by atoms with Crippen molar-refractivity contribution in [1.29, 1.82) is 0 Å². The molecule has 6 heteroatoms. The Morgan fingerprint density at radius 1 is 1.14 bits per heavy atom. The van der Waals surface area contributed by atoms with Crippen LogP contribution in [0.3, 0.4) is 0 Å². The summed E-state index contributed by atoms with van der Waals surface area (Å²) in [5.74, 6) is 7.04. The van der Waals surface area contributed by atoms with Crippen LogP contribution >= 0.6 is 0 Å². The SMILES string of the molecule is NNC(C1CCOC2(CCCCC2)C1)C1CCS(=O)(=O)C1. The maximum Gasteiger partial charge on any atom is 0.150 e. The molecule has 3 fully saturated rings. The Kier molecular flexibility index (Phi) is 4.60. The summed E-state index contributed by atoms with van der Waals surface area (Å²) in [4.78, 5) is 0. The van der Waals surface area contributed by atoms with Gasteiger partial charge in [-0.15, -0.1) is 0 Å². The van der Waals surface area contributed by atoms with Crippen molar-refractivity contribution in [2.24, 2.45) is 17.7 Å². The largest absolute Gasteiger partial charge is 0.375 e. The van der Waals surface area contributed by atoms with Crippen molar-refractivity contribution in [3.8, 4) is 0 Å². The number of rotatable bonds is 3. The van der Waals surface area contributed by atoms with Gasteiger partial charge in [0.1, 0.15) is 0 Å². The number of hydrazine groups is 1. The molecule has 2 saturated heterocycles. The lowest BCUT2D eigenvalue weighted by molar-refractivity contribution is -0.123. The zero-order chi connectivity index (χ0) is 14.9. The van der Waals surface area contributed by atoms with Crippen molar-refractivity contribution in [2.75, 3.05) is 18.1 Å². The molecule has 0 bridgehead atoms. The van der Waals surface area contributed by atoms with Gasteiger partial charge in [-0.3, -0.25) is 11.3 Å². The number of nitrogens with one attached hydrogen (secondary N) is 1. The van der Waals surface area contributed by atoms with Gasteiger partial charge >= 0.3 is 0 Å². The summed E-state index contributed by atoms with van der Waals surface area (Å²) >= 11 is 0. The molecule has 5 nitrogen and oxygen atoms in total. The molecule has 3 rings (SSSR count). The monoisotopic (exact) mass is 316 g/mol. The Bertz CT molecular complexity index is 454. The van der Waals surface area contributed by atoms with Crippen molar-refractivity contribution < 1.29 is 13.2 Å². The van der Waals surface area contributed by atoms with E-state index in [1.807, 2.05) is 0 Å². The Labute approximate surface area is 127 Å². The van der Waals surface area contributed by atoms with Gasteiger partial charge in [-0.2, -0.15) is 0 Å². The second-order valence-corrected chi connectivity index (χ2v) is 9.43. The first-order chi connectivity index (χ1) is 10.0. The molecule has 1 aliphatic carbocycles. The molecule has 122 valence electrons. The molecular formula is C15H28N2O3S. The van der Waals surface area contributed by atoms with Crippen LogP contribution in [0.1, 0.15) is 51.4 Å². The molecule has 1 spiro atoms. The average Bonchev–Trinajstić information content (AvgIpc) is 2.81. The summed E-state index contributed by atoms with van der Waals surface area (Å²) in [6, 6.07) is 0.116. The fourth-order valence-corrected chi connectivity index (χ4v) is 6.54. The van der Waals surface area contributed by atoms with Crippen LogP contribution in [0.2, 0.25) is 0 Å². The van der Waals surface area contributed by atoms with Crippen LogP contribution in [0.5, 0.6) is 0 Å². The first-order valence-electron chi connectivity index (χ1n) is 8.34. The Balaban J connectivity index is 1.69. The highest BCUT2D eigenvalue weighted by molar-refractivity contribution is 7.91. The highest BCUT2D eigenvalue weighted by atomic mass is 32.2. The Hall–Kier alpha value is -0.170. The van der Waals surface area contributed by atoms with E-state index in [9.17, 15) is 8.42 Å². The summed E-state index contributed by atoms with van der Waals surface area (Å²) in [6.45, 7) is 0.794. The van der Waals surface area contributed by atoms with Crippen LogP contribution in [0, 0.1) is 11.8 Å².